The van der Waals surface area contributed by atoms with Gasteiger partial charge in [0.1, 0.15) is 5.82 Å². The van der Waals surface area contributed by atoms with Gasteiger partial charge in [-0.1, -0.05) is 60.7 Å². The van der Waals surface area contributed by atoms with Crippen molar-refractivity contribution in [3.63, 3.8) is 0 Å². The van der Waals surface area contributed by atoms with Gasteiger partial charge in [0.05, 0.1) is 11.0 Å². The molecule has 26 heavy (non-hydrogen) atoms. The quantitative estimate of drug-likeness (QED) is 0.378. The molecule has 0 aliphatic heterocycles. The van der Waals surface area contributed by atoms with E-state index in [1.807, 2.05) is 13.0 Å². The predicted octanol–water partition coefficient (Wildman–Crippen LogP) is 6.15. The van der Waals surface area contributed by atoms with Crippen LogP contribution in [0.1, 0.15) is 5.69 Å². The van der Waals surface area contributed by atoms with Gasteiger partial charge in [-0.25, -0.2) is 4.98 Å². The molecule has 124 valence electrons. The van der Waals surface area contributed by atoms with E-state index in [0.717, 1.165) is 11.5 Å². The van der Waals surface area contributed by atoms with Crippen LogP contribution in [0.5, 0.6) is 0 Å². The van der Waals surface area contributed by atoms with Crippen molar-refractivity contribution in [2.75, 3.05) is 0 Å². The summed E-state index contributed by atoms with van der Waals surface area (Å²) in [5, 5.41) is 2.51. The number of hydrogen-bond donors (Lipinski definition) is 0. The second-order valence-corrected chi connectivity index (χ2v) is 6.59. The highest BCUT2D eigenvalue weighted by Gasteiger charge is 2.13. The summed E-state index contributed by atoms with van der Waals surface area (Å²) in [5.74, 6) is 0.962. The molecule has 2 heterocycles. The Kier molecular flexibility index (Phi) is 3.36. The van der Waals surface area contributed by atoms with Crippen LogP contribution < -0.4 is 0 Å². The molecule has 0 aliphatic rings. The Hall–Kier alpha value is -3.39. The SMILES string of the molecule is Cc1cccc(-n2c3ccccc3c3cc(-c4ccccc4)ccc32)n1. The number of benzene rings is 3. The van der Waals surface area contributed by atoms with Crippen molar-refractivity contribution in [1.29, 1.82) is 0 Å². The van der Waals surface area contributed by atoms with Gasteiger partial charge < -0.3 is 0 Å². The molecule has 0 N–H and O–H groups in total. The Balaban J connectivity index is 1.85. The summed E-state index contributed by atoms with van der Waals surface area (Å²) >= 11 is 0. The van der Waals surface area contributed by atoms with Crippen molar-refractivity contribution in [2.24, 2.45) is 0 Å². The van der Waals surface area contributed by atoms with Gasteiger partial charge in [0, 0.05) is 16.5 Å². The van der Waals surface area contributed by atoms with Gasteiger partial charge >= 0.3 is 0 Å². The summed E-state index contributed by atoms with van der Waals surface area (Å²) in [6.07, 6.45) is 0. The Morgan fingerprint density at radius 3 is 2.23 bits per heavy atom. The molecular formula is C24H18N2. The van der Waals surface area contributed by atoms with E-state index in [1.165, 1.54) is 32.9 Å². The van der Waals surface area contributed by atoms with Crippen LogP contribution in [0.4, 0.5) is 0 Å². The van der Waals surface area contributed by atoms with E-state index in [1.54, 1.807) is 0 Å². The van der Waals surface area contributed by atoms with E-state index in [4.69, 9.17) is 4.98 Å². The van der Waals surface area contributed by atoms with Crippen LogP contribution in [-0.2, 0) is 0 Å². The summed E-state index contributed by atoms with van der Waals surface area (Å²) in [6, 6.07) is 32.0. The topological polar surface area (TPSA) is 17.8 Å². The molecule has 2 nitrogen and oxygen atoms in total. The maximum atomic E-state index is 4.76. The Morgan fingerprint density at radius 2 is 1.38 bits per heavy atom. The van der Waals surface area contributed by atoms with Crippen molar-refractivity contribution in [2.45, 2.75) is 6.92 Å². The molecule has 3 aromatic carbocycles. The molecule has 5 rings (SSSR count). The van der Waals surface area contributed by atoms with Crippen LogP contribution in [0.25, 0.3) is 38.8 Å². The first-order chi connectivity index (χ1) is 12.8. The minimum Gasteiger partial charge on any atom is -0.294 e. The first kappa shape index (κ1) is 14.9. The number of fused-ring (bicyclic) bond motifs is 3. The Labute approximate surface area is 152 Å². The normalized spacial score (nSPS) is 11.3. The molecule has 2 aromatic heterocycles. The highest BCUT2D eigenvalue weighted by Crippen LogP contribution is 2.34. The van der Waals surface area contributed by atoms with Crippen LogP contribution >= 0.6 is 0 Å². The second-order valence-electron chi connectivity index (χ2n) is 6.59. The molecule has 0 saturated carbocycles. The molecular weight excluding hydrogens is 316 g/mol. The van der Waals surface area contributed by atoms with E-state index in [2.05, 4.69) is 89.5 Å². The summed E-state index contributed by atoms with van der Waals surface area (Å²) in [7, 11) is 0. The summed E-state index contributed by atoms with van der Waals surface area (Å²) < 4.78 is 2.26. The maximum Gasteiger partial charge on any atom is 0.137 e. The van der Waals surface area contributed by atoms with Crippen molar-refractivity contribution < 1.29 is 0 Å². The lowest BCUT2D eigenvalue weighted by atomic mass is 10.0. The van der Waals surface area contributed by atoms with E-state index in [9.17, 15) is 0 Å². The van der Waals surface area contributed by atoms with Gasteiger partial charge in [0.25, 0.3) is 0 Å². The highest BCUT2D eigenvalue weighted by atomic mass is 15.1. The van der Waals surface area contributed by atoms with E-state index < -0.39 is 0 Å². The second kappa shape index (κ2) is 5.85. The molecule has 2 heteroatoms. The summed E-state index contributed by atoms with van der Waals surface area (Å²) in [5.41, 5.74) is 5.86. The standard InChI is InChI=1S/C24H18N2/c1-17-8-7-13-24(25-17)26-22-12-6-5-11-20(22)21-16-19(14-15-23(21)26)18-9-3-2-4-10-18/h2-16H,1H3. The molecule has 0 amide bonds. The number of aromatic nitrogens is 2. The number of pyridine rings is 1. The number of para-hydroxylation sites is 1. The predicted molar refractivity (Wildman–Crippen MR) is 109 cm³/mol. The van der Waals surface area contributed by atoms with E-state index >= 15 is 0 Å². The van der Waals surface area contributed by atoms with Gasteiger partial charge in [-0.2, -0.15) is 0 Å². The lowest BCUT2D eigenvalue weighted by Crippen LogP contribution is -1.98. The van der Waals surface area contributed by atoms with Gasteiger partial charge in [0.2, 0.25) is 0 Å². The van der Waals surface area contributed by atoms with Gasteiger partial charge in [-0.15, -0.1) is 0 Å². The third-order valence-electron chi connectivity index (χ3n) is 4.88. The Morgan fingerprint density at radius 1 is 0.615 bits per heavy atom. The van der Waals surface area contributed by atoms with Gasteiger partial charge in [-0.3, -0.25) is 4.57 Å². The van der Waals surface area contributed by atoms with E-state index in [0.29, 0.717) is 0 Å². The fraction of sp³-hybridized carbons (Fsp3) is 0.0417. The van der Waals surface area contributed by atoms with Crippen LogP contribution in [-0.4, -0.2) is 9.55 Å². The maximum absolute atomic E-state index is 4.76. The van der Waals surface area contributed by atoms with Crippen molar-refractivity contribution in [3.8, 4) is 16.9 Å². The average molecular weight is 334 g/mol. The lowest BCUT2D eigenvalue weighted by Gasteiger charge is -2.08. The van der Waals surface area contributed by atoms with Crippen LogP contribution in [0.2, 0.25) is 0 Å². The monoisotopic (exact) mass is 334 g/mol. The average Bonchev–Trinajstić information content (AvgIpc) is 3.02. The van der Waals surface area contributed by atoms with Crippen molar-refractivity contribution >= 4 is 21.8 Å². The highest BCUT2D eigenvalue weighted by molar-refractivity contribution is 6.10. The van der Waals surface area contributed by atoms with Crippen LogP contribution in [0, 0.1) is 6.92 Å². The smallest absolute Gasteiger partial charge is 0.137 e. The largest absolute Gasteiger partial charge is 0.294 e. The van der Waals surface area contributed by atoms with E-state index in [-0.39, 0.29) is 0 Å². The molecule has 0 atom stereocenters. The summed E-state index contributed by atoms with van der Waals surface area (Å²) in [4.78, 5) is 4.76. The van der Waals surface area contributed by atoms with Crippen LogP contribution in [0.15, 0.2) is 91.0 Å². The van der Waals surface area contributed by atoms with Gasteiger partial charge in [-0.05, 0) is 48.4 Å². The van der Waals surface area contributed by atoms with Crippen molar-refractivity contribution in [3.05, 3.63) is 96.7 Å². The molecule has 5 aromatic rings. The molecule has 0 spiro atoms. The van der Waals surface area contributed by atoms with Crippen molar-refractivity contribution in [1.82, 2.24) is 9.55 Å². The van der Waals surface area contributed by atoms with Crippen LogP contribution in [0.3, 0.4) is 0 Å². The minimum absolute atomic E-state index is 0.962. The zero-order valence-corrected chi connectivity index (χ0v) is 14.6. The fourth-order valence-electron chi connectivity index (χ4n) is 3.68. The lowest BCUT2D eigenvalue weighted by molar-refractivity contribution is 1.05. The Bertz CT molecular complexity index is 1230. The summed E-state index contributed by atoms with van der Waals surface area (Å²) in [6.45, 7) is 2.03. The first-order valence-corrected chi connectivity index (χ1v) is 8.84. The third kappa shape index (κ3) is 2.31. The molecule has 0 unspecified atom stereocenters. The zero-order valence-electron chi connectivity index (χ0n) is 14.6. The minimum atomic E-state index is 0.962. The third-order valence-corrected chi connectivity index (χ3v) is 4.88. The molecule has 0 bridgehead atoms. The molecule has 0 aliphatic carbocycles. The number of aryl methyl sites for hydroxylation is 1. The van der Waals surface area contributed by atoms with Gasteiger partial charge in [0.15, 0.2) is 0 Å². The zero-order chi connectivity index (χ0) is 17.5. The molecule has 0 fully saturated rings. The number of rotatable bonds is 2. The molecule has 0 radical (unpaired) electrons. The number of nitrogens with zero attached hydrogens (tertiary/aromatic N) is 2. The number of hydrogen-bond acceptors (Lipinski definition) is 1. The fourth-order valence-corrected chi connectivity index (χ4v) is 3.68. The molecule has 0 saturated heterocycles. The first-order valence-electron chi connectivity index (χ1n) is 8.84.